The number of nitrogens with zero attached hydrogens (tertiary/aromatic N) is 4. The molecule has 1 aliphatic carbocycles. The van der Waals surface area contributed by atoms with Crippen LogP contribution in [0.4, 0.5) is 8.78 Å². The van der Waals surface area contributed by atoms with Crippen LogP contribution in [0, 0.1) is 17.6 Å². The fourth-order valence-electron chi connectivity index (χ4n) is 5.19. The Kier molecular flexibility index (Phi) is 6.60. The second-order valence-electron chi connectivity index (χ2n) is 9.29. The normalized spacial score (nSPS) is 17.9. The number of nitrogens with one attached hydrogen (secondary N) is 2. The molecule has 0 spiro atoms. The molecule has 190 valence electrons. The second kappa shape index (κ2) is 10.2. The molecule has 0 bridgehead atoms. The van der Waals surface area contributed by atoms with Crippen molar-refractivity contribution in [3.05, 3.63) is 75.4 Å². The van der Waals surface area contributed by atoms with Gasteiger partial charge >= 0.3 is 0 Å². The van der Waals surface area contributed by atoms with E-state index in [1.807, 2.05) is 24.3 Å². The van der Waals surface area contributed by atoms with E-state index in [2.05, 4.69) is 36.7 Å². The van der Waals surface area contributed by atoms with Crippen LogP contribution in [0.5, 0.6) is 5.75 Å². The van der Waals surface area contributed by atoms with Crippen molar-refractivity contribution in [2.45, 2.75) is 44.6 Å². The number of hydrogen-bond acceptors (Lipinski definition) is 6. The second-order valence-corrected chi connectivity index (χ2v) is 10.9. The topological polar surface area (TPSA) is 92.4 Å². The quantitative estimate of drug-likeness (QED) is 0.236. The number of H-pyrrole nitrogens is 2. The van der Waals surface area contributed by atoms with Crippen LogP contribution in [0.15, 0.2) is 42.5 Å². The summed E-state index contributed by atoms with van der Waals surface area (Å²) in [6.07, 6.45) is 4.99. The molecule has 2 atom stereocenters. The van der Waals surface area contributed by atoms with Crippen LogP contribution in [0.25, 0.3) is 21.7 Å². The standard InChI is InChI=1S/C26H23ClF2N6OS/c27-15-5-7-18(23(10-15)36-13-16-6-8-24(37-16)26-32-34-35-33-26)17-4-2-1-3-14(17)9-25-30-21-11-19(28)20(29)12-22(21)31-25/h5-8,10-12,14,17H,1-4,9,13H2,(H,30,31)(H,32,33,34,35). The Morgan fingerprint density at radius 1 is 1.05 bits per heavy atom. The first-order valence-corrected chi connectivity index (χ1v) is 13.3. The van der Waals surface area contributed by atoms with Gasteiger partial charge in [-0.25, -0.2) is 13.8 Å². The molecular weight excluding hydrogens is 518 g/mol. The highest BCUT2D eigenvalue weighted by molar-refractivity contribution is 7.15. The minimum Gasteiger partial charge on any atom is -0.488 e. The van der Waals surface area contributed by atoms with Gasteiger partial charge in [-0.15, -0.1) is 21.5 Å². The van der Waals surface area contributed by atoms with Gasteiger partial charge in [0, 0.05) is 28.5 Å². The molecule has 1 saturated carbocycles. The molecule has 37 heavy (non-hydrogen) atoms. The van der Waals surface area contributed by atoms with Crippen LogP contribution in [-0.4, -0.2) is 30.6 Å². The van der Waals surface area contributed by atoms with Gasteiger partial charge in [0.05, 0.1) is 15.9 Å². The van der Waals surface area contributed by atoms with E-state index in [9.17, 15) is 8.78 Å². The maximum absolute atomic E-state index is 13.7. The van der Waals surface area contributed by atoms with E-state index in [1.165, 1.54) is 6.07 Å². The Morgan fingerprint density at radius 2 is 1.92 bits per heavy atom. The largest absolute Gasteiger partial charge is 0.488 e. The summed E-state index contributed by atoms with van der Waals surface area (Å²) in [5.41, 5.74) is 2.07. The van der Waals surface area contributed by atoms with Gasteiger partial charge in [-0.3, -0.25) is 0 Å². The van der Waals surface area contributed by atoms with Gasteiger partial charge in [0.2, 0.25) is 5.82 Å². The molecule has 6 rings (SSSR count). The molecule has 2 unspecified atom stereocenters. The first kappa shape index (κ1) is 24.0. The van der Waals surface area contributed by atoms with Crippen molar-refractivity contribution in [1.82, 2.24) is 30.6 Å². The first-order chi connectivity index (χ1) is 18.0. The predicted octanol–water partition coefficient (Wildman–Crippen LogP) is 6.83. The highest BCUT2D eigenvalue weighted by Gasteiger charge is 2.30. The Bertz CT molecular complexity index is 1500. The number of benzene rings is 2. The van der Waals surface area contributed by atoms with Gasteiger partial charge in [-0.1, -0.05) is 30.5 Å². The summed E-state index contributed by atoms with van der Waals surface area (Å²) >= 11 is 7.92. The van der Waals surface area contributed by atoms with E-state index < -0.39 is 11.6 Å². The van der Waals surface area contributed by atoms with E-state index >= 15 is 0 Å². The van der Waals surface area contributed by atoms with E-state index in [1.54, 1.807) is 11.3 Å². The van der Waals surface area contributed by atoms with Crippen LogP contribution >= 0.6 is 22.9 Å². The molecule has 1 aliphatic rings. The zero-order valence-electron chi connectivity index (χ0n) is 19.7. The molecule has 5 aromatic rings. The monoisotopic (exact) mass is 540 g/mol. The van der Waals surface area contributed by atoms with Crippen LogP contribution in [-0.2, 0) is 13.0 Å². The number of fused-ring (bicyclic) bond motifs is 1. The lowest BCUT2D eigenvalue weighted by atomic mass is 9.73. The minimum absolute atomic E-state index is 0.251. The van der Waals surface area contributed by atoms with E-state index in [-0.39, 0.29) is 5.92 Å². The maximum atomic E-state index is 13.7. The summed E-state index contributed by atoms with van der Waals surface area (Å²) in [5, 5.41) is 14.8. The van der Waals surface area contributed by atoms with Gasteiger partial charge in [0.1, 0.15) is 18.2 Å². The number of imidazole rings is 1. The van der Waals surface area contributed by atoms with Gasteiger partial charge < -0.3 is 9.72 Å². The number of aromatic amines is 2. The van der Waals surface area contributed by atoms with Crippen molar-refractivity contribution < 1.29 is 13.5 Å². The lowest BCUT2D eigenvalue weighted by Gasteiger charge is -2.32. The molecule has 3 aromatic heterocycles. The first-order valence-electron chi connectivity index (χ1n) is 12.1. The Morgan fingerprint density at radius 3 is 2.78 bits per heavy atom. The van der Waals surface area contributed by atoms with Gasteiger partial charge in [-0.2, -0.15) is 5.21 Å². The van der Waals surface area contributed by atoms with Crippen molar-refractivity contribution >= 4 is 34.0 Å². The number of aromatic nitrogens is 6. The Labute approximate surface area is 220 Å². The van der Waals surface area contributed by atoms with Gasteiger partial charge in [-0.05, 0) is 59.7 Å². The zero-order valence-corrected chi connectivity index (χ0v) is 21.3. The molecule has 3 heterocycles. The number of halogens is 3. The zero-order chi connectivity index (χ0) is 25.4. The SMILES string of the molecule is Fc1cc2nc(CC3CCCCC3c3ccc(Cl)cc3OCc3ccc(-c4nn[nH]n4)s3)[nH]c2cc1F. The lowest BCUT2D eigenvalue weighted by molar-refractivity contribution is 0.274. The molecule has 1 fully saturated rings. The van der Waals surface area contributed by atoms with Crippen LogP contribution in [0.3, 0.4) is 0 Å². The Hall–Kier alpha value is -3.37. The van der Waals surface area contributed by atoms with E-state index in [0.717, 1.165) is 58.6 Å². The fourth-order valence-corrected chi connectivity index (χ4v) is 6.21. The third-order valence-electron chi connectivity index (χ3n) is 6.91. The summed E-state index contributed by atoms with van der Waals surface area (Å²) in [5.74, 6) is 0.852. The molecule has 7 nitrogen and oxygen atoms in total. The third-order valence-corrected chi connectivity index (χ3v) is 8.20. The molecule has 0 aliphatic heterocycles. The maximum Gasteiger partial charge on any atom is 0.214 e. The average Bonchev–Trinajstić information content (AvgIpc) is 3.65. The number of thiophene rings is 1. The summed E-state index contributed by atoms with van der Waals surface area (Å²) < 4.78 is 33.7. The van der Waals surface area contributed by atoms with Gasteiger partial charge in [0.15, 0.2) is 11.6 Å². The summed E-state index contributed by atoms with van der Waals surface area (Å²) in [6.45, 7) is 0.397. The predicted molar refractivity (Wildman–Crippen MR) is 138 cm³/mol. The van der Waals surface area contributed by atoms with Crippen molar-refractivity contribution in [2.24, 2.45) is 5.92 Å². The minimum atomic E-state index is -0.890. The van der Waals surface area contributed by atoms with Crippen molar-refractivity contribution in [3.8, 4) is 16.5 Å². The fraction of sp³-hybridized carbons (Fsp3) is 0.308. The number of tetrazole rings is 1. The average molecular weight is 541 g/mol. The molecule has 2 aromatic carbocycles. The number of rotatable bonds is 7. The molecule has 0 saturated heterocycles. The lowest BCUT2D eigenvalue weighted by Crippen LogP contribution is -2.21. The third kappa shape index (κ3) is 5.08. The molecule has 2 N–H and O–H groups in total. The smallest absolute Gasteiger partial charge is 0.214 e. The van der Waals surface area contributed by atoms with E-state index in [4.69, 9.17) is 16.3 Å². The molecule has 0 amide bonds. The van der Waals surface area contributed by atoms with E-state index in [0.29, 0.717) is 40.8 Å². The van der Waals surface area contributed by atoms with Crippen molar-refractivity contribution in [1.29, 1.82) is 0 Å². The number of ether oxygens (including phenoxy) is 1. The van der Waals surface area contributed by atoms with Crippen LogP contribution in [0.1, 0.15) is 47.9 Å². The molecular formula is C26H23ClF2N6OS. The van der Waals surface area contributed by atoms with Crippen LogP contribution < -0.4 is 4.74 Å². The van der Waals surface area contributed by atoms with Crippen molar-refractivity contribution in [2.75, 3.05) is 0 Å². The van der Waals surface area contributed by atoms with Crippen molar-refractivity contribution in [3.63, 3.8) is 0 Å². The number of hydrogen-bond donors (Lipinski definition) is 2. The Balaban J connectivity index is 1.23. The summed E-state index contributed by atoms with van der Waals surface area (Å²) in [6, 6.07) is 12.1. The summed E-state index contributed by atoms with van der Waals surface area (Å²) in [7, 11) is 0. The molecule has 0 radical (unpaired) electrons. The van der Waals surface area contributed by atoms with Gasteiger partial charge in [0.25, 0.3) is 0 Å². The highest BCUT2D eigenvalue weighted by atomic mass is 35.5. The summed E-state index contributed by atoms with van der Waals surface area (Å²) in [4.78, 5) is 9.67. The highest BCUT2D eigenvalue weighted by Crippen LogP contribution is 2.44. The molecule has 11 heteroatoms. The van der Waals surface area contributed by atoms with Crippen LogP contribution in [0.2, 0.25) is 5.02 Å².